The zero-order valence-electron chi connectivity index (χ0n) is 14.2. The van der Waals surface area contributed by atoms with E-state index in [9.17, 15) is 9.59 Å². The summed E-state index contributed by atoms with van der Waals surface area (Å²) in [5.74, 6) is 0.471. The van der Waals surface area contributed by atoms with Crippen molar-refractivity contribution >= 4 is 12.0 Å². The summed E-state index contributed by atoms with van der Waals surface area (Å²) in [6.07, 6.45) is 6.71. The van der Waals surface area contributed by atoms with Gasteiger partial charge in [0, 0.05) is 11.8 Å². The van der Waals surface area contributed by atoms with Gasteiger partial charge in [0.15, 0.2) is 6.10 Å². The molecule has 0 aromatic heterocycles. The third-order valence-electron chi connectivity index (χ3n) is 5.01. The first-order valence-electron chi connectivity index (χ1n) is 8.77. The van der Waals surface area contributed by atoms with Gasteiger partial charge >= 0.3 is 6.09 Å². The second kappa shape index (κ2) is 7.24. The SMILES string of the molecule is CC1(COc2ccc(CC3OC(=O)NC3=O)cc2)CCCCCC1. The summed E-state index contributed by atoms with van der Waals surface area (Å²) < 4.78 is 10.9. The summed E-state index contributed by atoms with van der Waals surface area (Å²) in [6, 6.07) is 7.68. The third-order valence-corrected chi connectivity index (χ3v) is 5.01. The highest BCUT2D eigenvalue weighted by Crippen LogP contribution is 2.35. The summed E-state index contributed by atoms with van der Waals surface area (Å²) >= 11 is 0. The third kappa shape index (κ3) is 4.28. The molecule has 2 fully saturated rings. The number of carbonyl (C=O) groups is 2. The van der Waals surface area contributed by atoms with Crippen LogP contribution in [0.5, 0.6) is 5.75 Å². The fraction of sp³-hybridized carbons (Fsp3) is 0.579. The number of alkyl carbamates (subject to hydrolysis) is 1. The number of rotatable bonds is 5. The lowest BCUT2D eigenvalue weighted by atomic mass is 9.83. The molecule has 0 spiro atoms. The molecule has 1 atom stereocenters. The van der Waals surface area contributed by atoms with E-state index in [1.165, 1.54) is 38.5 Å². The number of hydrogen-bond donors (Lipinski definition) is 1. The van der Waals surface area contributed by atoms with Gasteiger partial charge in [-0.3, -0.25) is 10.1 Å². The number of carbonyl (C=O) groups excluding carboxylic acids is 2. The maximum absolute atomic E-state index is 11.5. The number of nitrogens with one attached hydrogen (secondary N) is 1. The van der Waals surface area contributed by atoms with E-state index in [1.54, 1.807) is 0 Å². The highest BCUT2D eigenvalue weighted by molar-refractivity contribution is 6.00. The van der Waals surface area contributed by atoms with E-state index in [2.05, 4.69) is 12.2 Å². The van der Waals surface area contributed by atoms with Crippen molar-refractivity contribution in [2.75, 3.05) is 6.61 Å². The molecule has 2 aliphatic rings. The number of imide groups is 1. The topological polar surface area (TPSA) is 64.6 Å². The van der Waals surface area contributed by atoms with Crippen LogP contribution in [0.4, 0.5) is 4.79 Å². The summed E-state index contributed by atoms with van der Waals surface area (Å²) in [5.41, 5.74) is 1.21. The van der Waals surface area contributed by atoms with Crippen LogP contribution in [-0.4, -0.2) is 24.7 Å². The van der Waals surface area contributed by atoms with Crippen molar-refractivity contribution in [3.8, 4) is 5.75 Å². The fourth-order valence-electron chi connectivity index (χ4n) is 3.45. The molecule has 0 radical (unpaired) electrons. The molecular formula is C19H25NO4. The van der Waals surface area contributed by atoms with Gasteiger partial charge in [-0.2, -0.15) is 0 Å². The Morgan fingerprint density at radius 3 is 2.38 bits per heavy atom. The van der Waals surface area contributed by atoms with Crippen LogP contribution in [0, 0.1) is 5.41 Å². The van der Waals surface area contributed by atoms with E-state index in [1.807, 2.05) is 24.3 Å². The minimum absolute atomic E-state index is 0.269. The molecular weight excluding hydrogens is 306 g/mol. The normalized spacial score (nSPS) is 23.3. The molecule has 5 nitrogen and oxygen atoms in total. The molecule has 1 aromatic carbocycles. The van der Waals surface area contributed by atoms with Gasteiger partial charge in [0.1, 0.15) is 5.75 Å². The summed E-state index contributed by atoms with van der Waals surface area (Å²) in [4.78, 5) is 22.5. The average molecular weight is 331 g/mol. The first-order chi connectivity index (χ1) is 11.5. The molecule has 2 amide bonds. The Balaban J connectivity index is 1.53. The molecule has 1 heterocycles. The number of ether oxygens (including phenoxy) is 2. The van der Waals surface area contributed by atoms with Crippen molar-refractivity contribution in [2.45, 2.75) is 58.0 Å². The maximum atomic E-state index is 11.5. The number of cyclic esters (lactones) is 1. The predicted molar refractivity (Wildman–Crippen MR) is 89.9 cm³/mol. The van der Waals surface area contributed by atoms with Crippen molar-refractivity contribution in [3.63, 3.8) is 0 Å². The highest BCUT2D eigenvalue weighted by Gasteiger charge is 2.32. The van der Waals surface area contributed by atoms with Gasteiger partial charge in [0.05, 0.1) is 6.61 Å². The quantitative estimate of drug-likeness (QED) is 0.837. The molecule has 130 valence electrons. The van der Waals surface area contributed by atoms with Gasteiger partial charge in [-0.25, -0.2) is 4.79 Å². The molecule has 3 rings (SSSR count). The minimum Gasteiger partial charge on any atom is -0.493 e. The minimum atomic E-state index is -0.728. The van der Waals surface area contributed by atoms with E-state index in [0.29, 0.717) is 6.42 Å². The molecule has 1 aliphatic carbocycles. The van der Waals surface area contributed by atoms with E-state index < -0.39 is 12.2 Å². The molecule has 1 aromatic rings. The zero-order valence-corrected chi connectivity index (χ0v) is 14.2. The van der Waals surface area contributed by atoms with E-state index in [-0.39, 0.29) is 11.3 Å². The molecule has 24 heavy (non-hydrogen) atoms. The Hall–Kier alpha value is -2.04. The standard InChI is InChI=1S/C19H25NO4/c1-19(10-4-2-3-5-11-19)13-23-15-8-6-14(7-9-15)12-16-17(21)20-18(22)24-16/h6-9,16H,2-5,10-13H2,1H3,(H,20,21,22). The molecule has 1 saturated heterocycles. The van der Waals surface area contributed by atoms with Crippen molar-refractivity contribution in [3.05, 3.63) is 29.8 Å². The number of hydrogen-bond acceptors (Lipinski definition) is 4. The Morgan fingerprint density at radius 1 is 1.12 bits per heavy atom. The van der Waals surface area contributed by atoms with Gasteiger partial charge < -0.3 is 9.47 Å². The van der Waals surface area contributed by atoms with Crippen LogP contribution in [0.15, 0.2) is 24.3 Å². The molecule has 5 heteroatoms. The van der Waals surface area contributed by atoms with Crippen LogP contribution in [0.2, 0.25) is 0 Å². The van der Waals surface area contributed by atoms with Crippen LogP contribution in [0.25, 0.3) is 0 Å². The molecule has 1 aliphatic heterocycles. The molecule has 1 unspecified atom stereocenters. The summed E-state index contributed by atoms with van der Waals surface area (Å²) in [7, 11) is 0. The predicted octanol–water partition coefficient (Wildman–Crippen LogP) is 3.60. The van der Waals surface area contributed by atoms with Crippen molar-refractivity contribution in [1.82, 2.24) is 5.32 Å². The van der Waals surface area contributed by atoms with E-state index in [0.717, 1.165) is 17.9 Å². The van der Waals surface area contributed by atoms with Crippen molar-refractivity contribution in [1.29, 1.82) is 0 Å². The lowest BCUT2D eigenvalue weighted by molar-refractivity contribution is -0.123. The number of benzene rings is 1. The molecule has 1 saturated carbocycles. The first-order valence-corrected chi connectivity index (χ1v) is 8.77. The largest absolute Gasteiger partial charge is 0.493 e. The fourth-order valence-corrected chi connectivity index (χ4v) is 3.45. The monoisotopic (exact) mass is 331 g/mol. The summed E-state index contributed by atoms with van der Waals surface area (Å²) in [5, 5.41) is 2.14. The van der Waals surface area contributed by atoms with Crippen LogP contribution in [0.3, 0.4) is 0 Å². The van der Waals surface area contributed by atoms with Crippen LogP contribution in [-0.2, 0) is 16.0 Å². The van der Waals surface area contributed by atoms with Gasteiger partial charge in [0.2, 0.25) is 0 Å². The average Bonchev–Trinajstić information content (AvgIpc) is 2.74. The van der Waals surface area contributed by atoms with Gasteiger partial charge in [0.25, 0.3) is 5.91 Å². The lowest BCUT2D eigenvalue weighted by Crippen LogP contribution is -2.26. The number of amides is 2. The molecule has 0 bridgehead atoms. The lowest BCUT2D eigenvalue weighted by Gasteiger charge is -2.28. The Bertz CT molecular complexity index is 588. The van der Waals surface area contributed by atoms with Crippen LogP contribution in [0.1, 0.15) is 51.0 Å². The van der Waals surface area contributed by atoms with Gasteiger partial charge in [-0.1, -0.05) is 44.7 Å². The Labute approximate surface area is 142 Å². The van der Waals surface area contributed by atoms with Crippen molar-refractivity contribution in [2.24, 2.45) is 5.41 Å². The van der Waals surface area contributed by atoms with Crippen LogP contribution >= 0.6 is 0 Å². The maximum Gasteiger partial charge on any atom is 0.414 e. The second-order valence-corrected chi connectivity index (χ2v) is 7.24. The smallest absolute Gasteiger partial charge is 0.414 e. The zero-order chi connectivity index (χ0) is 17.0. The first kappa shape index (κ1) is 16.8. The molecule has 1 N–H and O–H groups in total. The van der Waals surface area contributed by atoms with Crippen LogP contribution < -0.4 is 10.1 Å². The van der Waals surface area contributed by atoms with E-state index in [4.69, 9.17) is 9.47 Å². The summed E-state index contributed by atoms with van der Waals surface area (Å²) in [6.45, 7) is 3.06. The van der Waals surface area contributed by atoms with E-state index >= 15 is 0 Å². The highest BCUT2D eigenvalue weighted by atomic mass is 16.6. The Kier molecular flexibility index (Phi) is 5.07. The van der Waals surface area contributed by atoms with Gasteiger partial charge in [-0.05, 0) is 30.5 Å². The Morgan fingerprint density at radius 2 is 1.79 bits per heavy atom. The second-order valence-electron chi connectivity index (χ2n) is 7.24. The van der Waals surface area contributed by atoms with Gasteiger partial charge in [-0.15, -0.1) is 0 Å². The van der Waals surface area contributed by atoms with Crippen molar-refractivity contribution < 1.29 is 19.1 Å².